The van der Waals surface area contributed by atoms with Gasteiger partial charge in [0.1, 0.15) is 0 Å². The molecule has 2 aliphatic heterocycles. The highest BCUT2D eigenvalue weighted by atomic mass is 16.2. The molecule has 2 unspecified atom stereocenters. The molecule has 3 atom stereocenters. The van der Waals surface area contributed by atoms with Crippen LogP contribution in [0.5, 0.6) is 0 Å². The Hall–Kier alpha value is -2.17. The SMILES string of the molecule is CCC1Cc2cc(C3=NNC(=O)[C@H]4CC34)ccc2NC1=O. The summed E-state index contributed by atoms with van der Waals surface area (Å²) in [5.41, 5.74) is 6.72. The standard InChI is InChI=1S/C16H17N3O2/c1-2-8-5-10-6-9(3-4-13(10)17-15(8)20)14-11-7-12(11)16(21)19-18-14/h3-4,6,8,11-12H,2,5,7H2,1H3,(H,17,20)(H,19,21)/t8?,11?,12-/m0/s1. The maximum absolute atomic E-state index is 11.9. The van der Waals surface area contributed by atoms with Crippen LogP contribution < -0.4 is 10.7 Å². The van der Waals surface area contributed by atoms with E-state index in [4.69, 9.17) is 0 Å². The number of benzene rings is 1. The summed E-state index contributed by atoms with van der Waals surface area (Å²) in [6.07, 6.45) is 2.52. The first-order valence-corrected chi connectivity index (χ1v) is 7.49. The molecular formula is C16H17N3O2. The largest absolute Gasteiger partial charge is 0.326 e. The molecular weight excluding hydrogens is 266 g/mol. The van der Waals surface area contributed by atoms with E-state index in [0.29, 0.717) is 0 Å². The van der Waals surface area contributed by atoms with Crippen LogP contribution in [0.15, 0.2) is 23.3 Å². The monoisotopic (exact) mass is 283 g/mol. The van der Waals surface area contributed by atoms with Crippen LogP contribution in [0, 0.1) is 17.8 Å². The summed E-state index contributed by atoms with van der Waals surface area (Å²) in [5, 5.41) is 7.21. The Bertz CT molecular complexity index is 680. The van der Waals surface area contributed by atoms with Gasteiger partial charge in [-0.05, 0) is 42.5 Å². The lowest BCUT2D eigenvalue weighted by Crippen LogP contribution is -2.30. The number of nitrogens with one attached hydrogen (secondary N) is 2. The number of fused-ring (bicyclic) bond motifs is 2. The Morgan fingerprint density at radius 1 is 1.24 bits per heavy atom. The molecule has 4 rings (SSSR count). The second-order valence-electron chi connectivity index (χ2n) is 6.09. The Morgan fingerprint density at radius 3 is 2.90 bits per heavy atom. The third-order valence-corrected chi connectivity index (χ3v) is 4.75. The van der Waals surface area contributed by atoms with Crippen LogP contribution in [0.2, 0.25) is 0 Å². The molecule has 21 heavy (non-hydrogen) atoms. The van der Waals surface area contributed by atoms with Gasteiger partial charge in [-0.1, -0.05) is 13.0 Å². The number of anilines is 1. The van der Waals surface area contributed by atoms with Crippen LogP contribution in [0.25, 0.3) is 0 Å². The molecule has 2 amide bonds. The van der Waals surface area contributed by atoms with Crippen molar-refractivity contribution in [2.45, 2.75) is 26.2 Å². The van der Waals surface area contributed by atoms with Gasteiger partial charge >= 0.3 is 0 Å². The number of carbonyl (C=O) groups excluding carboxylic acids is 2. The number of hydrazone groups is 1. The van der Waals surface area contributed by atoms with Crippen molar-refractivity contribution in [2.24, 2.45) is 22.9 Å². The van der Waals surface area contributed by atoms with Crippen LogP contribution in [0.3, 0.4) is 0 Å². The van der Waals surface area contributed by atoms with Crippen molar-refractivity contribution in [1.82, 2.24) is 5.43 Å². The topological polar surface area (TPSA) is 70.6 Å². The van der Waals surface area contributed by atoms with E-state index >= 15 is 0 Å². The smallest absolute Gasteiger partial charge is 0.243 e. The summed E-state index contributed by atoms with van der Waals surface area (Å²) in [7, 11) is 0. The van der Waals surface area contributed by atoms with E-state index in [-0.39, 0.29) is 29.6 Å². The zero-order chi connectivity index (χ0) is 14.6. The average Bonchev–Trinajstić information content (AvgIpc) is 3.28. The highest BCUT2D eigenvalue weighted by molar-refractivity contribution is 6.10. The fourth-order valence-electron chi connectivity index (χ4n) is 3.31. The zero-order valence-electron chi connectivity index (χ0n) is 11.8. The molecule has 1 fully saturated rings. The minimum atomic E-state index is 0.0417. The average molecular weight is 283 g/mol. The molecule has 5 nitrogen and oxygen atoms in total. The predicted octanol–water partition coefficient (Wildman–Crippen LogP) is 1.68. The molecule has 1 saturated carbocycles. The third-order valence-electron chi connectivity index (χ3n) is 4.75. The maximum Gasteiger partial charge on any atom is 0.243 e. The number of hydrogen-bond donors (Lipinski definition) is 2. The van der Waals surface area contributed by atoms with Gasteiger partial charge in [0, 0.05) is 23.4 Å². The molecule has 2 N–H and O–H groups in total. The Morgan fingerprint density at radius 2 is 2.10 bits per heavy atom. The Kier molecular flexibility index (Phi) is 2.64. The molecule has 1 aliphatic carbocycles. The first-order valence-electron chi connectivity index (χ1n) is 7.49. The van der Waals surface area contributed by atoms with Crippen LogP contribution in [0.4, 0.5) is 5.69 Å². The number of amides is 2. The molecule has 1 aromatic carbocycles. The van der Waals surface area contributed by atoms with Gasteiger partial charge < -0.3 is 5.32 Å². The molecule has 2 heterocycles. The van der Waals surface area contributed by atoms with Crippen molar-refractivity contribution in [1.29, 1.82) is 0 Å². The van der Waals surface area contributed by atoms with Crippen molar-refractivity contribution in [3.8, 4) is 0 Å². The molecule has 0 spiro atoms. The second-order valence-corrected chi connectivity index (χ2v) is 6.09. The molecule has 108 valence electrons. The van der Waals surface area contributed by atoms with Crippen molar-refractivity contribution in [3.63, 3.8) is 0 Å². The summed E-state index contributed by atoms with van der Waals surface area (Å²) in [4.78, 5) is 23.4. The van der Waals surface area contributed by atoms with Crippen molar-refractivity contribution >= 4 is 23.2 Å². The maximum atomic E-state index is 11.9. The van der Waals surface area contributed by atoms with Crippen LogP contribution in [-0.4, -0.2) is 17.5 Å². The van der Waals surface area contributed by atoms with Gasteiger partial charge in [0.2, 0.25) is 11.8 Å². The lowest BCUT2D eigenvalue weighted by molar-refractivity contribution is -0.122. The first kappa shape index (κ1) is 12.6. The summed E-state index contributed by atoms with van der Waals surface area (Å²) in [6.45, 7) is 2.04. The van der Waals surface area contributed by atoms with Crippen molar-refractivity contribution in [2.75, 3.05) is 5.32 Å². The van der Waals surface area contributed by atoms with Gasteiger partial charge in [-0.3, -0.25) is 9.59 Å². The van der Waals surface area contributed by atoms with Gasteiger partial charge in [-0.25, -0.2) is 5.43 Å². The normalized spacial score (nSPS) is 29.8. The minimum absolute atomic E-state index is 0.0417. The molecule has 0 radical (unpaired) electrons. The van der Waals surface area contributed by atoms with Gasteiger partial charge in [0.15, 0.2) is 0 Å². The zero-order valence-corrected chi connectivity index (χ0v) is 11.8. The number of carbonyl (C=O) groups is 2. The van der Waals surface area contributed by atoms with Gasteiger partial charge in [0.05, 0.1) is 5.71 Å². The Balaban J connectivity index is 1.67. The number of nitrogens with zero attached hydrogens (tertiary/aromatic N) is 1. The van der Waals surface area contributed by atoms with Crippen LogP contribution in [0.1, 0.15) is 30.9 Å². The molecule has 5 heteroatoms. The highest BCUT2D eigenvalue weighted by Crippen LogP contribution is 2.43. The van der Waals surface area contributed by atoms with E-state index in [9.17, 15) is 9.59 Å². The summed E-state index contributed by atoms with van der Waals surface area (Å²) in [5.74, 6) is 0.588. The number of hydrogen-bond acceptors (Lipinski definition) is 3. The fourth-order valence-corrected chi connectivity index (χ4v) is 3.31. The van der Waals surface area contributed by atoms with Crippen LogP contribution >= 0.6 is 0 Å². The lowest BCUT2D eigenvalue weighted by Gasteiger charge is -2.24. The van der Waals surface area contributed by atoms with E-state index in [1.54, 1.807) is 0 Å². The molecule has 3 aliphatic rings. The van der Waals surface area contributed by atoms with E-state index in [2.05, 4.69) is 21.9 Å². The van der Waals surface area contributed by atoms with E-state index in [1.165, 1.54) is 0 Å². The molecule has 0 bridgehead atoms. The highest BCUT2D eigenvalue weighted by Gasteiger charge is 2.49. The van der Waals surface area contributed by atoms with Gasteiger partial charge in [-0.15, -0.1) is 0 Å². The van der Waals surface area contributed by atoms with E-state index in [1.807, 2.05) is 19.1 Å². The minimum Gasteiger partial charge on any atom is -0.326 e. The van der Waals surface area contributed by atoms with Crippen LogP contribution in [-0.2, 0) is 16.0 Å². The first-order chi connectivity index (χ1) is 10.2. The van der Waals surface area contributed by atoms with E-state index < -0.39 is 0 Å². The molecule has 0 aromatic heterocycles. The van der Waals surface area contributed by atoms with Gasteiger partial charge in [0.25, 0.3) is 0 Å². The summed E-state index contributed by atoms with van der Waals surface area (Å²) < 4.78 is 0. The third kappa shape index (κ3) is 1.95. The Labute approximate surface area is 122 Å². The predicted molar refractivity (Wildman–Crippen MR) is 78.8 cm³/mol. The molecule has 1 aromatic rings. The molecule has 0 saturated heterocycles. The van der Waals surface area contributed by atoms with E-state index in [0.717, 1.165) is 41.8 Å². The summed E-state index contributed by atoms with van der Waals surface area (Å²) in [6, 6.07) is 6.05. The number of rotatable bonds is 2. The lowest BCUT2D eigenvalue weighted by atomic mass is 9.89. The fraction of sp³-hybridized carbons (Fsp3) is 0.438. The van der Waals surface area contributed by atoms with Crippen molar-refractivity contribution < 1.29 is 9.59 Å². The van der Waals surface area contributed by atoms with Gasteiger partial charge in [-0.2, -0.15) is 5.10 Å². The quantitative estimate of drug-likeness (QED) is 0.867. The second kappa shape index (κ2) is 4.41. The summed E-state index contributed by atoms with van der Waals surface area (Å²) >= 11 is 0. The van der Waals surface area contributed by atoms with Crippen molar-refractivity contribution in [3.05, 3.63) is 29.3 Å².